The molecule has 136 heavy (non-hydrogen) atoms. The Morgan fingerprint density at radius 3 is 0.794 bits per heavy atom. The molecule has 22 aromatic rings. The Bertz CT molecular complexity index is 8600. The van der Waals surface area contributed by atoms with Gasteiger partial charge in [0.05, 0.1) is 21.7 Å². The largest absolute Gasteiger partial charge is 0.208 e. The van der Waals surface area contributed by atoms with Crippen LogP contribution in [-0.4, -0.2) is 29.9 Å². The lowest BCUT2D eigenvalue weighted by atomic mass is 9.52. The average molecular weight is 1730 g/mol. The number of nitrogens with zero attached hydrogens (tertiary/aromatic N) is 6. The molecule has 6 nitrogen and oxygen atoms in total. The highest BCUT2D eigenvalue weighted by atomic mass is 15.0. The Morgan fingerprint density at radius 2 is 0.346 bits per heavy atom. The summed E-state index contributed by atoms with van der Waals surface area (Å²) in [6.07, 6.45) is 0. The predicted molar refractivity (Wildman–Crippen MR) is 549 cm³/mol. The van der Waals surface area contributed by atoms with E-state index in [1.165, 1.54) is 134 Å². The van der Waals surface area contributed by atoms with E-state index >= 15 is 0 Å². The van der Waals surface area contributed by atoms with E-state index in [0.29, 0.717) is 34.9 Å². The maximum absolute atomic E-state index is 5.96. The molecular weight excluding hydrogens is 1650 g/mol. The fourth-order valence-corrected chi connectivity index (χ4v) is 24.9. The zero-order valence-corrected chi connectivity index (χ0v) is 73.9. The van der Waals surface area contributed by atoms with Crippen LogP contribution in [0.4, 0.5) is 0 Å². The first kappa shape index (κ1) is 77.2. The summed E-state index contributed by atoms with van der Waals surface area (Å²) in [6, 6.07) is 180. The van der Waals surface area contributed by atoms with Crippen molar-refractivity contribution in [1.29, 1.82) is 0 Å². The number of rotatable bonds is 11. The van der Waals surface area contributed by atoms with Crippen LogP contribution in [0.1, 0.15) is 89.0 Å². The summed E-state index contributed by atoms with van der Waals surface area (Å²) >= 11 is 0. The van der Waals surface area contributed by atoms with Crippen molar-refractivity contribution in [2.45, 2.75) is 21.7 Å². The van der Waals surface area contributed by atoms with Gasteiger partial charge < -0.3 is 0 Å². The van der Waals surface area contributed by atoms with Crippen LogP contribution in [0.5, 0.6) is 0 Å². The summed E-state index contributed by atoms with van der Waals surface area (Å²) in [4.78, 5) is 33.1. The molecule has 0 amide bonds. The van der Waals surface area contributed by atoms with Gasteiger partial charge in [-0.25, -0.2) is 29.9 Å². The molecule has 0 bridgehead atoms. The molecule has 0 radical (unpaired) electrons. The van der Waals surface area contributed by atoms with Crippen molar-refractivity contribution in [2.75, 3.05) is 0 Å². The molecular formula is C130H80N6. The molecule has 6 aliphatic rings. The van der Waals surface area contributed by atoms with E-state index in [9.17, 15) is 0 Å². The highest BCUT2D eigenvalue weighted by Gasteiger charge is 2.62. The van der Waals surface area contributed by atoms with Gasteiger partial charge in [-0.1, -0.05) is 467 Å². The molecule has 0 saturated carbocycles. The van der Waals surface area contributed by atoms with Crippen molar-refractivity contribution in [1.82, 2.24) is 29.9 Å². The standard InChI is InChI=1S/C130H80N6/c1-5-36-81(37-6-1)87-72-75-92(103(79-87)126-135-122(85-42-11-4-12-43-85)133-125(136-126)100-52-16-14-45-91(100)89-74-77-117-119(80-89)129(106-57-25-19-48-95(106)96-49-20-26-58-107(96)129)114-64-32-29-61-111(114)127(117)104-55-23-17-46-93(104)94-47-18-24-56-105(94)127)98-54-35-67-118-120(98)101-53-22-28-60-109(101)130(118)115-65-33-30-62-112(115)128(113-63-31-34-66-116(113)130)108-59-27-21-50-97(108)102-78-88(73-76-110(102)128)82-68-70-86(71-69-82)123-131-121(84-40-9-3-10-41-84)132-124(134-123)99-51-15-13-44-90(99)83-38-7-2-8-39-83/h1-80H. The second-order valence-corrected chi connectivity index (χ2v) is 36.7. The maximum atomic E-state index is 5.96. The van der Waals surface area contributed by atoms with Gasteiger partial charge in [0.25, 0.3) is 0 Å². The molecule has 2 heterocycles. The summed E-state index contributed by atoms with van der Waals surface area (Å²) in [5.74, 6) is 3.55. The summed E-state index contributed by atoms with van der Waals surface area (Å²) in [6.45, 7) is 0. The third-order valence-electron chi connectivity index (χ3n) is 30.3. The molecule has 6 aliphatic carbocycles. The van der Waals surface area contributed by atoms with Crippen LogP contribution in [0.15, 0.2) is 485 Å². The highest BCUT2D eigenvalue weighted by Crippen LogP contribution is 2.71. The summed E-state index contributed by atoms with van der Waals surface area (Å²) in [5.41, 5.74) is 43.2. The molecule has 630 valence electrons. The lowest BCUT2D eigenvalue weighted by Crippen LogP contribution is -2.43. The molecule has 0 atom stereocenters. The summed E-state index contributed by atoms with van der Waals surface area (Å²) < 4.78 is 0. The molecule has 0 saturated heterocycles. The quantitative estimate of drug-likeness (QED) is 0.128. The van der Waals surface area contributed by atoms with Crippen molar-refractivity contribution >= 4 is 0 Å². The van der Waals surface area contributed by atoms with E-state index in [0.717, 1.165) is 89.0 Å². The van der Waals surface area contributed by atoms with Crippen LogP contribution in [0, 0.1) is 0 Å². The zero-order valence-electron chi connectivity index (χ0n) is 73.9. The van der Waals surface area contributed by atoms with Crippen LogP contribution in [-0.2, 0) is 21.7 Å². The molecule has 0 N–H and O–H groups in total. The third kappa shape index (κ3) is 10.8. The van der Waals surface area contributed by atoms with E-state index in [-0.39, 0.29) is 0 Å². The fourth-order valence-electron chi connectivity index (χ4n) is 24.9. The number of aromatic nitrogens is 6. The Balaban J connectivity index is 0.604. The lowest BCUT2D eigenvalue weighted by Gasteiger charge is -2.49. The molecule has 20 aromatic carbocycles. The first-order valence-electron chi connectivity index (χ1n) is 47.0. The van der Waals surface area contributed by atoms with Crippen molar-refractivity contribution in [2.24, 2.45) is 0 Å². The van der Waals surface area contributed by atoms with Gasteiger partial charge in [0.15, 0.2) is 34.9 Å². The van der Waals surface area contributed by atoms with Crippen molar-refractivity contribution in [3.05, 3.63) is 574 Å². The molecule has 6 heteroatoms. The lowest BCUT2D eigenvalue weighted by molar-refractivity contribution is 0.633. The van der Waals surface area contributed by atoms with Gasteiger partial charge in [-0.05, 0) is 207 Å². The topological polar surface area (TPSA) is 77.3 Å². The van der Waals surface area contributed by atoms with Crippen molar-refractivity contribution < 1.29 is 0 Å². The average Bonchev–Trinajstić information content (AvgIpc) is 1.46. The minimum atomic E-state index is -0.794. The van der Waals surface area contributed by atoms with Crippen LogP contribution < -0.4 is 0 Å². The Hall–Kier alpha value is -17.6. The van der Waals surface area contributed by atoms with Gasteiger partial charge in [-0.15, -0.1) is 0 Å². The minimum Gasteiger partial charge on any atom is -0.208 e. The summed E-state index contributed by atoms with van der Waals surface area (Å²) in [7, 11) is 0. The number of hydrogen-bond acceptors (Lipinski definition) is 6. The molecule has 28 rings (SSSR count). The van der Waals surface area contributed by atoms with E-state index in [1.807, 2.05) is 24.3 Å². The van der Waals surface area contributed by atoms with Crippen LogP contribution in [0.3, 0.4) is 0 Å². The van der Waals surface area contributed by atoms with E-state index < -0.39 is 21.7 Å². The highest BCUT2D eigenvalue weighted by molar-refractivity contribution is 6.03. The SMILES string of the molecule is c1ccc(-c2ccc(-c3cccc4c3-c3ccccc3C43c4ccccc4C4(c5ccccc5-c5cc(-c6ccc(-c7nc(-c8ccccc8)nc(-c8ccccc8-c8ccccc8)n7)cc6)ccc54)c4ccccc43)c(-c3nc(-c4ccccc4)nc(-c4ccccc4-c4ccc5c(c4)C4(c6ccccc6-c6ccccc64)c4ccccc4C54c5ccccc5-c5ccccc54)n3)c2)cc1. The van der Waals surface area contributed by atoms with Gasteiger partial charge in [0.2, 0.25) is 0 Å². The first-order chi connectivity index (χ1) is 67.4. The van der Waals surface area contributed by atoms with Gasteiger partial charge in [-0.2, -0.15) is 0 Å². The monoisotopic (exact) mass is 1720 g/mol. The predicted octanol–water partition coefficient (Wildman–Crippen LogP) is 30.5. The van der Waals surface area contributed by atoms with Gasteiger partial charge >= 0.3 is 0 Å². The molecule has 0 unspecified atom stereocenters. The normalized spacial score (nSPS) is 14.0. The molecule has 0 aliphatic heterocycles. The van der Waals surface area contributed by atoms with Crippen molar-refractivity contribution in [3.8, 4) is 168 Å². The Kier molecular flexibility index (Phi) is 17.0. The third-order valence-corrected chi connectivity index (χ3v) is 30.3. The Morgan fingerprint density at radius 1 is 0.103 bits per heavy atom. The second kappa shape index (κ2) is 30.0. The van der Waals surface area contributed by atoms with Gasteiger partial charge in [0.1, 0.15) is 0 Å². The fraction of sp³-hybridized carbons (Fsp3) is 0.0308. The van der Waals surface area contributed by atoms with Crippen LogP contribution >= 0.6 is 0 Å². The molecule has 4 spiro atoms. The van der Waals surface area contributed by atoms with Crippen LogP contribution in [0.25, 0.3) is 168 Å². The van der Waals surface area contributed by atoms with Gasteiger partial charge in [0, 0.05) is 33.4 Å². The van der Waals surface area contributed by atoms with Gasteiger partial charge in [-0.3, -0.25) is 0 Å². The summed E-state index contributed by atoms with van der Waals surface area (Å²) in [5, 5.41) is 0. The zero-order chi connectivity index (χ0) is 89.4. The van der Waals surface area contributed by atoms with E-state index in [1.54, 1.807) is 0 Å². The maximum Gasteiger partial charge on any atom is 0.164 e. The van der Waals surface area contributed by atoms with E-state index in [2.05, 4.69) is 461 Å². The molecule has 0 fully saturated rings. The van der Waals surface area contributed by atoms with Crippen molar-refractivity contribution in [3.63, 3.8) is 0 Å². The number of benzene rings is 20. The second-order valence-electron chi connectivity index (χ2n) is 36.7. The smallest absolute Gasteiger partial charge is 0.164 e. The number of hydrogen-bond donors (Lipinski definition) is 0. The van der Waals surface area contributed by atoms with E-state index in [4.69, 9.17) is 29.9 Å². The van der Waals surface area contributed by atoms with Crippen LogP contribution in [0.2, 0.25) is 0 Å². The Labute approximate surface area is 788 Å². The number of fused-ring (bicyclic) bond motifs is 32. The minimum absolute atomic E-state index is 0.563. The first-order valence-corrected chi connectivity index (χ1v) is 47.0. The molecule has 2 aromatic heterocycles.